The van der Waals surface area contributed by atoms with Gasteiger partial charge in [-0.1, -0.05) is 11.2 Å². The summed E-state index contributed by atoms with van der Waals surface area (Å²) >= 11 is 0. The summed E-state index contributed by atoms with van der Waals surface area (Å²) in [5.41, 5.74) is 1.01. The van der Waals surface area contributed by atoms with Crippen LogP contribution in [0.15, 0.2) is 10.6 Å². The monoisotopic (exact) mass is 197 g/mol. The average molecular weight is 197 g/mol. The van der Waals surface area contributed by atoms with Gasteiger partial charge in [-0.05, 0) is 13.0 Å². The maximum absolute atomic E-state index is 12.0. The smallest absolute Gasteiger partial charge is 0.254 e. The van der Waals surface area contributed by atoms with Gasteiger partial charge >= 0.3 is 0 Å². The minimum Gasteiger partial charge on any atom is -0.334 e. The van der Waals surface area contributed by atoms with Crippen LogP contribution in [-0.4, -0.2) is 29.9 Å². The molecule has 0 bridgehead atoms. The Bertz CT molecular complexity index is 335. The van der Waals surface area contributed by atoms with Crippen LogP contribution in [-0.2, 0) is 6.42 Å². The van der Waals surface area contributed by atoms with E-state index in [0.29, 0.717) is 11.7 Å². The van der Waals surface area contributed by atoms with Crippen molar-refractivity contribution >= 4 is 5.57 Å². The van der Waals surface area contributed by atoms with Crippen molar-refractivity contribution in [2.45, 2.75) is 12.8 Å². The normalized spacial score (nSPS) is 16.8. The van der Waals surface area contributed by atoms with Crippen molar-refractivity contribution in [3.8, 4) is 0 Å². The summed E-state index contributed by atoms with van der Waals surface area (Å²) in [6.45, 7) is 1.28. The van der Waals surface area contributed by atoms with E-state index in [-0.39, 0.29) is 6.42 Å². The third-order valence-electron chi connectivity index (χ3n) is 2.09. The SMILES string of the molecule is FCCc1noc(C2=CCCNC2)n1. The summed E-state index contributed by atoms with van der Waals surface area (Å²) in [6, 6.07) is 0. The molecule has 2 rings (SSSR count). The Morgan fingerprint density at radius 3 is 3.21 bits per heavy atom. The van der Waals surface area contributed by atoms with E-state index >= 15 is 0 Å². The Balaban J connectivity index is 2.11. The summed E-state index contributed by atoms with van der Waals surface area (Å²) in [4.78, 5) is 4.10. The van der Waals surface area contributed by atoms with Crippen molar-refractivity contribution in [1.82, 2.24) is 15.5 Å². The van der Waals surface area contributed by atoms with Crippen molar-refractivity contribution in [2.24, 2.45) is 0 Å². The third kappa shape index (κ3) is 1.98. The number of hydrogen-bond donors (Lipinski definition) is 1. The predicted octanol–water partition coefficient (Wildman–Crippen LogP) is 0.958. The number of nitrogens with zero attached hydrogens (tertiary/aromatic N) is 2. The molecule has 1 aliphatic heterocycles. The van der Waals surface area contributed by atoms with E-state index < -0.39 is 6.67 Å². The summed E-state index contributed by atoms with van der Waals surface area (Å²) in [5, 5.41) is 6.89. The standard InChI is InChI=1S/C9H12FN3O/c10-4-3-8-12-9(14-13-8)7-2-1-5-11-6-7/h2,11H,1,3-6H2. The molecule has 0 atom stereocenters. The van der Waals surface area contributed by atoms with E-state index in [1.165, 1.54) is 0 Å². The lowest BCUT2D eigenvalue weighted by Crippen LogP contribution is -2.21. The minimum atomic E-state index is -0.448. The molecule has 0 saturated carbocycles. The van der Waals surface area contributed by atoms with Gasteiger partial charge in [0.15, 0.2) is 5.82 Å². The van der Waals surface area contributed by atoms with Crippen LogP contribution in [0.25, 0.3) is 5.57 Å². The molecule has 1 aliphatic rings. The molecule has 0 aromatic carbocycles. The first kappa shape index (κ1) is 9.33. The second-order valence-electron chi connectivity index (χ2n) is 3.15. The highest BCUT2D eigenvalue weighted by Gasteiger charge is 2.12. The van der Waals surface area contributed by atoms with Crippen LogP contribution in [0.2, 0.25) is 0 Å². The molecule has 2 heterocycles. The lowest BCUT2D eigenvalue weighted by molar-refractivity contribution is 0.393. The Morgan fingerprint density at radius 1 is 1.57 bits per heavy atom. The number of aryl methyl sites for hydroxylation is 1. The molecule has 0 unspecified atom stereocenters. The van der Waals surface area contributed by atoms with Gasteiger partial charge in [0.25, 0.3) is 5.89 Å². The van der Waals surface area contributed by atoms with Crippen LogP contribution < -0.4 is 5.32 Å². The Labute approximate surface area is 81.2 Å². The molecule has 0 radical (unpaired) electrons. The van der Waals surface area contributed by atoms with Gasteiger partial charge in [-0.15, -0.1) is 0 Å². The third-order valence-corrected chi connectivity index (χ3v) is 2.09. The van der Waals surface area contributed by atoms with Gasteiger partial charge in [0.2, 0.25) is 0 Å². The van der Waals surface area contributed by atoms with Crippen molar-refractivity contribution < 1.29 is 8.91 Å². The average Bonchev–Trinajstić information content (AvgIpc) is 2.68. The van der Waals surface area contributed by atoms with Crippen LogP contribution in [0.4, 0.5) is 4.39 Å². The molecule has 1 aromatic rings. The number of alkyl halides is 1. The summed E-state index contributed by atoms with van der Waals surface area (Å²) in [7, 11) is 0. The van der Waals surface area contributed by atoms with Gasteiger partial charge in [-0.2, -0.15) is 4.98 Å². The van der Waals surface area contributed by atoms with Crippen molar-refractivity contribution in [1.29, 1.82) is 0 Å². The lowest BCUT2D eigenvalue weighted by atomic mass is 10.1. The Kier molecular flexibility index (Phi) is 2.88. The van der Waals surface area contributed by atoms with E-state index in [1.807, 2.05) is 0 Å². The van der Waals surface area contributed by atoms with Crippen LogP contribution >= 0.6 is 0 Å². The highest BCUT2D eigenvalue weighted by Crippen LogP contribution is 2.14. The molecule has 1 aromatic heterocycles. The summed E-state index contributed by atoms with van der Waals surface area (Å²) < 4.78 is 17.0. The quantitative estimate of drug-likeness (QED) is 0.784. The number of hydrogen-bond acceptors (Lipinski definition) is 4. The van der Waals surface area contributed by atoms with E-state index in [2.05, 4.69) is 21.5 Å². The van der Waals surface area contributed by atoms with E-state index in [0.717, 1.165) is 25.1 Å². The first-order valence-electron chi connectivity index (χ1n) is 4.69. The van der Waals surface area contributed by atoms with E-state index in [9.17, 15) is 4.39 Å². The predicted molar refractivity (Wildman–Crippen MR) is 49.4 cm³/mol. The molecular weight excluding hydrogens is 185 g/mol. The highest BCUT2D eigenvalue weighted by molar-refractivity contribution is 5.60. The van der Waals surface area contributed by atoms with Gasteiger partial charge in [-0.3, -0.25) is 4.39 Å². The summed E-state index contributed by atoms with van der Waals surface area (Å²) in [5.74, 6) is 0.953. The van der Waals surface area contributed by atoms with Crippen LogP contribution in [0.3, 0.4) is 0 Å². The van der Waals surface area contributed by atoms with E-state index in [4.69, 9.17) is 4.52 Å². The number of nitrogens with one attached hydrogen (secondary N) is 1. The minimum absolute atomic E-state index is 0.226. The number of rotatable bonds is 3. The molecule has 4 nitrogen and oxygen atoms in total. The molecule has 1 N–H and O–H groups in total. The molecule has 0 amide bonds. The topological polar surface area (TPSA) is 51.0 Å². The molecule has 0 fully saturated rings. The largest absolute Gasteiger partial charge is 0.334 e. The van der Waals surface area contributed by atoms with Crippen molar-refractivity contribution in [3.63, 3.8) is 0 Å². The molecule has 0 saturated heterocycles. The first-order valence-corrected chi connectivity index (χ1v) is 4.69. The highest BCUT2D eigenvalue weighted by atomic mass is 19.1. The second-order valence-corrected chi connectivity index (χ2v) is 3.15. The fourth-order valence-corrected chi connectivity index (χ4v) is 1.38. The molecule has 0 aliphatic carbocycles. The first-order chi connectivity index (χ1) is 6.90. The van der Waals surface area contributed by atoms with Gasteiger partial charge < -0.3 is 9.84 Å². The zero-order chi connectivity index (χ0) is 9.80. The van der Waals surface area contributed by atoms with Gasteiger partial charge in [0.05, 0.1) is 6.67 Å². The molecule has 76 valence electrons. The van der Waals surface area contributed by atoms with Crippen molar-refractivity contribution in [2.75, 3.05) is 19.8 Å². The maximum Gasteiger partial charge on any atom is 0.254 e. The van der Waals surface area contributed by atoms with Gasteiger partial charge in [0, 0.05) is 18.5 Å². The Hall–Kier alpha value is -1.23. The molecule has 5 heteroatoms. The fourth-order valence-electron chi connectivity index (χ4n) is 1.38. The summed E-state index contributed by atoms with van der Waals surface area (Å²) in [6.07, 6.45) is 3.27. The Morgan fingerprint density at radius 2 is 2.50 bits per heavy atom. The zero-order valence-electron chi connectivity index (χ0n) is 7.79. The lowest BCUT2D eigenvalue weighted by Gasteiger charge is -2.09. The van der Waals surface area contributed by atoms with Crippen LogP contribution in [0.1, 0.15) is 18.1 Å². The molecular formula is C9H12FN3O. The van der Waals surface area contributed by atoms with Crippen LogP contribution in [0, 0.1) is 0 Å². The fraction of sp³-hybridized carbons (Fsp3) is 0.556. The van der Waals surface area contributed by atoms with Crippen LogP contribution in [0.5, 0.6) is 0 Å². The molecule has 14 heavy (non-hydrogen) atoms. The van der Waals surface area contributed by atoms with E-state index in [1.54, 1.807) is 0 Å². The van der Waals surface area contributed by atoms with Gasteiger partial charge in [-0.25, -0.2) is 0 Å². The molecule has 0 spiro atoms. The van der Waals surface area contributed by atoms with Gasteiger partial charge in [0.1, 0.15) is 0 Å². The number of aromatic nitrogens is 2. The van der Waals surface area contributed by atoms with Crippen molar-refractivity contribution in [3.05, 3.63) is 17.8 Å². The number of halogens is 1. The zero-order valence-corrected chi connectivity index (χ0v) is 7.79. The second kappa shape index (κ2) is 4.32. The maximum atomic E-state index is 12.0.